The lowest BCUT2D eigenvalue weighted by molar-refractivity contribution is -0.148. The van der Waals surface area contributed by atoms with E-state index in [1.165, 1.54) is 0 Å². The monoisotopic (exact) mass is 419 g/mol. The molecule has 0 heterocycles. The predicted octanol–water partition coefficient (Wildman–Crippen LogP) is 3.94. The van der Waals surface area contributed by atoms with E-state index in [9.17, 15) is 14.4 Å². The van der Waals surface area contributed by atoms with Crippen LogP contribution in [0.4, 0.5) is 0 Å². The highest BCUT2D eigenvalue weighted by molar-refractivity contribution is 5.72. The van der Waals surface area contributed by atoms with Crippen molar-refractivity contribution in [1.29, 1.82) is 0 Å². The Kier molecular flexibility index (Phi) is 23.3. The van der Waals surface area contributed by atoms with Gasteiger partial charge < -0.3 is 14.2 Å². The number of esters is 3. The second-order valence-corrected chi connectivity index (χ2v) is 6.81. The molecule has 0 aromatic rings. The summed E-state index contributed by atoms with van der Waals surface area (Å²) in [7, 11) is 0. The van der Waals surface area contributed by atoms with Gasteiger partial charge in [-0.2, -0.15) is 0 Å². The fourth-order valence-electron chi connectivity index (χ4n) is 1.66. The Morgan fingerprint density at radius 2 is 0.759 bits per heavy atom. The maximum atomic E-state index is 11.5. The summed E-state index contributed by atoms with van der Waals surface area (Å²) in [6, 6.07) is 0. The molecule has 7 nitrogen and oxygen atoms in total. The maximum Gasteiger partial charge on any atom is 0.308 e. The zero-order chi connectivity index (χ0) is 23.4. The molecule has 0 aliphatic heterocycles. The van der Waals surface area contributed by atoms with Crippen molar-refractivity contribution in [2.45, 2.75) is 69.2 Å². The number of carbonyl (C=O) groups excluding carboxylic acids is 3. The summed E-state index contributed by atoms with van der Waals surface area (Å²) >= 11 is 0. The second kappa shape index (κ2) is 21.1. The molecule has 0 unspecified atom stereocenters. The maximum absolute atomic E-state index is 11.5. The van der Waals surface area contributed by atoms with Crippen LogP contribution in [0.2, 0.25) is 0 Å². The lowest BCUT2D eigenvalue weighted by atomic mass is 10.2. The third-order valence-corrected chi connectivity index (χ3v) is 3.37. The van der Waals surface area contributed by atoms with Crippen molar-refractivity contribution in [3.05, 3.63) is 0 Å². The Balaban J connectivity index is -0.00000158. The zero-order valence-corrected chi connectivity index (χ0v) is 20.4. The molecule has 0 saturated carbocycles. The molecule has 0 spiro atoms. The third-order valence-electron chi connectivity index (χ3n) is 3.37. The molecule has 0 aromatic carbocycles. The van der Waals surface area contributed by atoms with E-state index < -0.39 is 0 Å². The number of hydrogen-bond acceptors (Lipinski definition) is 7. The summed E-state index contributed by atoms with van der Waals surface area (Å²) in [5, 5.41) is 0. The molecule has 0 bridgehead atoms. The van der Waals surface area contributed by atoms with E-state index in [2.05, 4.69) is 0 Å². The van der Waals surface area contributed by atoms with Crippen LogP contribution in [0.25, 0.3) is 0 Å². The number of ether oxygens (including phenoxy) is 3. The lowest BCUT2D eigenvalue weighted by Gasteiger charge is -2.22. The van der Waals surface area contributed by atoms with Gasteiger partial charge in [0.05, 0.1) is 17.8 Å². The molecule has 0 aromatic heterocycles. The van der Waals surface area contributed by atoms with Crippen LogP contribution in [0.1, 0.15) is 69.2 Å². The Morgan fingerprint density at radius 1 is 0.552 bits per heavy atom. The van der Waals surface area contributed by atoms with Gasteiger partial charge in [-0.3, -0.25) is 19.3 Å². The van der Waals surface area contributed by atoms with Crippen LogP contribution in [-0.4, -0.2) is 62.3 Å². The van der Waals surface area contributed by atoms with Gasteiger partial charge in [0.15, 0.2) is 0 Å². The summed E-state index contributed by atoms with van der Waals surface area (Å²) < 4.78 is 15.5. The van der Waals surface area contributed by atoms with Gasteiger partial charge in [0.1, 0.15) is 19.8 Å². The first kappa shape index (κ1) is 32.0. The van der Waals surface area contributed by atoms with E-state index in [1.54, 1.807) is 41.5 Å². The Bertz CT molecular complexity index is 360. The van der Waals surface area contributed by atoms with Crippen molar-refractivity contribution in [3.8, 4) is 0 Å². The molecule has 174 valence electrons. The van der Waals surface area contributed by atoms with Crippen LogP contribution in [0.15, 0.2) is 0 Å². The van der Waals surface area contributed by atoms with Crippen LogP contribution in [0.3, 0.4) is 0 Å². The van der Waals surface area contributed by atoms with Crippen molar-refractivity contribution in [2.75, 3.05) is 39.5 Å². The van der Waals surface area contributed by atoms with Crippen LogP contribution < -0.4 is 0 Å². The quantitative estimate of drug-likeness (QED) is 0.350. The minimum atomic E-state index is -0.252. The third kappa shape index (κ3) is 19.5. The molecule has 0 fully saturated rings. The van der Waals surface area contributed by atoms with Gasteiger partial charge in [-0.1, -0.05) is 69.2 Å². The van der Waals surface area contributed by atoms with Crippen LogP contribution in [0, 0.1) is 17.8 Å². The zero-order valence-electron chi connectivity index (χ0n) is 20.4. The molecule has 7 heteroatoms. The molecule has 0 amide bonds. The normalized spacial score (nSPS) is 10.1. The van der Waals surface area contributed by atoms with E-state index in [-0.39, 0.29) is 55.5 Å². The fraction of sp³-hybridized carbons (Fsp3) is 0.864. The summed E-state index contributed by atoms with van der Waals surface area (Å²) in [4.78, 5) is 36.4. The SMILES string of the molecule is CC.CC.CC(C)C(=O)OCCN(CCOC(=O)C(C)C)CCOC(=O)C(C)C. The lowest BCUT2D eigenvalue weighted by Crippen LogP contribution is -2.36. The molecule has 0 rings (SSSR count). The minimum absolute atomic E-state index is 0.174. The van der Waals surface area contributed by atoms with E-state index in [1.807, 2.05) is 32.6 Å². The Hall–Kier alpha value is -1.63. The van der Waals surface area contributed by atoms with Gasteiger partial charge in [-0.25, -0.2) is 0 Å². The van der Waals surface area contributed by atoms with E-state index >= 15 is 0 Å². The predicted molar refractivity (Wildman–Crippen MR) is 117 cm³/mol. The van der Waals surface area contributed by atoms with Gasteiger partial charge in [0.2, 0.25) is 0 Å². The van der Waals surface area contributed by atoms with E-state index in [0.717, 1.165) is 0 Å². The number of rotatable bonds is 12. The smallest absolute Gasteiger partial charge is 0.308 e. The molecule has 0 N–H and O–H groups in total. The van der Waals surface area contributed by atoms with Crippen molar-refractivity contribution in [3.63, 3.8) is 0 Å². The molecule has 29 heavy (non-hydrogen) atoms. The van der Waals surface area contributed by atoms with Crippen molar-refractivity contribution < 1.29 is 28.6 Å². The van der Waals surface area contributed by atoms with Gasteiger partial charge in [-0.15, -0.1) is 0 Å². The van der Waals surface area contributed by atoms with Crippen molar-refractivity contribution in [2.24, 2.45) is 17.8 Å². The summed E-state index contributed by atoms with van der Waals surface area (Å²) in [6.45, 7) is 20.8. The average molecular weight is 420 g/mol. The molecule has 0 aliphatic rings. The number of nitrogens with zero attached hydrogens (tertiary/aromatic N) is 1. The molecule has 0 saturated heterocycles. The highest BCUT2D eigenvalue weighted by atomic mass is 16.5. The highest BCUT2D eigenvalue weighted by Crippen LogP contribution is 2.00. The highest BCUT2D eigenvalue weighted by Gasteiger charge is 2.14. The summed E-state index contributed by atoms with van der Waals surface area (Å²) in [6.07, 6.45) is 0. The van der Waals surface area contributed by atoms with Crippen LogP contribution >= 0.6 is 0 Å². The standard InChI is InChI=1S/C18H33NO6.2C2H6/c1-13(2)16(20)23-10-7-19(8-11-24-17(21)14(3)4)9-12-25-18(22)15(5)6;2*1-2/h13-15H,7-12H2,1-6H3;2*1-2H3. The first-order valence-electron chi connectivity index (χ1n) is 10.9. The van der Waals surface area contributed by atoms with Crippen molar-refractivity contribution >= 4 is 17.9 Å². The first-order chi connectivity index (χ1) is 13.6. The minimum Gasteiger partial charge on any atom is -0.464 e. The van der Waals surface area contributed by atoms with E-state index in [0.29, 0.717) is 19.6 Å². The molecular weight excluding hydrogens is 374 g/mol. The van der Waals surface area contributed by atoms with Crippen LogP contribution in [0.5, 0.6) is 0 Å². The molecule has 0 radical (unpaired) electrons. The average Bonchev–Trinajstić information content (AvgIpc) is 2.69. The fourth-order valence-corrected chi connectivity index (χ4v) is 1.66. The second-order valence-electron chi connectivity index (χ2n) is 6.81. The van der Waals surface area contributed by atoms with Crippen LogP contribution in [-0.2, 0) is 28.6 Å². The first-order valence-corrected chi connectivity index (χ1v) is 10.9. The van der Waals surface area contributed by atoms with Gasteiger partial charge >= 0.3 is 17.9 Å². The molecule has 0 atom stereocenters. The van der Waals surface area contributed by atoms with Gasteiger partial charge in [0, 0.05) is 19.6 Å². The van der Waals surface area contributed by atoms with Crippen molar-refractivity contribution in [1.82, 2.24) is 4.90 Å². The number of carbonyl (C=O) groups is 3. The molecular formula is C22H45NO6. The van der Waals surface area contributed by atoms with E-state index in [4.69, 9.17) is 14.2 Å². The summed E-state index contributed by atoms with van der Waals surface area (Å²) in [5.41, 5.74) is 0. The van der Waals surface area contributed by atoms with Gasteiger partial charge in [-0.05, 0) is 0 Å². The largest absolute Gasteiger partial charge is 0.464 e. The summed E-state index contributed by atoms with van der Waals surface area (Å²) in [5.74, 6) is -1.28. The van der Waals surface area contributed by atoms with Gasteiger partial charge in [0.25, 0.3) is 0 Å². The Morgan fingerprint density at radius 3 is 0.931 bits per heavy atom. The number of hydrogen-bond donors (Lipinski definition) is 0. The Labute approximate surface area is 178 Å². The topological polar surface area (TPSA) is 82.1 Å². The molecule has 0 aliphatic carbocycles.